The fourth-order valence-corrected chi connectivity index (χ4v) is 4.03. The van der Waals surface area contributed by atoms with Crippen LogP contribution in [0.15, 0.2) is 47.4 Å². The van der Waals surface area contributed by atoms with Gasteiger partial charge < -0.3 is 9.42 Å². The Bertz CT molecular complexity index is 1200. The van der Waals surface area contributed by atoms with Crippen LogP contribution in [-0.2, 0) is 11.3 Å². The maximum Gasteiger partial charge on any atom is 0.244 e. The molecule has 0 saturated carbocycles. The lowest BCUT2D eigenvalue weighted by Crippen LogP contribution is -2.41. The topological polar surface area (TPSA) is 103 Å². The molecule has 152 valence electrons. The SMILES string of the molecule is Cc1cc(-c2cncnc2[C@H]2CCCN(C(=O)Cn3nnc4ccccc43)C2)on1. The summed E-state index contributed by atoms with van der Waals surface area (Å²) in [5.74, 6) is 0.792. The Morgan fingerprint density at radius 1 is 1.30 bits per heavy atom. The molecule has 0 bridgehead atoms. The van der Waals surface area contributed by atoms with Crippen LogP contribution in [0.2, 0.25) is 0 Å². The number of fused-ring (bicyclic) bond motifs is 1. The van der Waals surface area contributed by atoms with E-state index >= 15 is 0 Å². The van der Waals surface area contributed by atoms with Gasteiger partial charge >= 0.3 is 0 Å². The van der Waals surface area contributed by atoms with E-state index < -0.39 is 0 Å². The number of likely N-dealkylation sites (tertiary alicyclic amines) is 1. The number of hydrogen-bond donors (Lipinski definition) is 0. The number of nitrogens with zero attached hydrogens (tertiary/aromatic N) is 7. The Morgan fingerprint density at radius 2 is 2.20 bits per heavy atom. The van der Waals surface area contributed by atoms with E-state index in [1.165, 1.54) is 0 Å². The van der Waals surface area contributed by atoms with E-state index in [-0.39, 0.29) is 18.4 Å². The zero-order chi connectivity index (χ0) is 20.5. The van der Waals surface area contributed by atoms with Crippen molar-refractivity contribution in [3.63, 3.8) is 0 Å². The second-order valence-electron chi connectivity index (χ2n) is 7.57. The summed E-state index contributed by atoms with van der Waals surface area (Å²) in [7, 11) is 0. The molecule has 0 aliphatic carbocycles. The second kappa shape index (κ2) is 7.66. The molecular formula is C21H21N7O2. The largest absolute Gasteiger partial charge is 0.356 e. The number of aromatic nitrogens is 6. The first-order chi connectivity index (χ1) is 14.7. The molecule has 3 aromatic heterocycles. The Balaban J connectivity index is 1.36. The third-order valence-electron chi connectivity index (χ3n) is 5.50. The van der Waals surface area contributed by atoms with Crippen LogP contribution in [-0.4, -0.2) is 54.0 Å². The molecule has 1 atom stereocenters. The molecule has 9 nitrogen and oxygen atoms in total. The zero-order valence-electron chi connectivity index (χ0n) is 16.6. The Hall–Kier alpha value is -3.62. The van der Waals surface area contributed by atoms with Crippen LogP contribution in [0.4, 0.5) is 0 Å². The van der Waals surface area contributed by atoms with Gasteiger partial charge in [0.25, 0.3) is 0 Å². The monoisotopic (exact) mass is 403 g/mol. The van der Waals surface area contributed by atoms with Gasteiger partial charge in [-0.1, -0.05) is 22.5 Å². The van der Waals surface area contributed by atoms with Crippen LogP contribution < -0.4 is 0 Å². The summed E-state index contributed by atoms with van der Waals surface area (Å²) in [6, 6.07) is 9.53. The summed E-state index contributed by atoms with van der Waals surface area (Å²) in [5, 5.41) is 12.3. The van der Waals surface area contributed by atoms with Crippen LogP contribution in [0.5, 0.6) is 0 Å². The fourth-order valence-electron chi connectivity index (χ4n) is 4.03. The average molecular weight is 403 g/mol. The van der Waals surface area contributed by atoms with E-state index in [1.807, 2.05) is 42.2 Å². The number of amides is 1. The van der Waals surface area contributed by atoms with Crippen molar-refractivity contribution in [2.24, 2.45) is 0 Å². The van der Waals surface area contributed by atoms with Crippen molar-refractivity contribution in [3.05, 3.63) is 54.2 Å². The molecule has 0 radical (unpaired) electrons. The summed E-state index contributed by atoms with van der Waals surface area (Å²) in [5.41, 5.74) is 4.18. The lowest BCUT2D eigenvalue weighted by molar-refractivity contribution is -0.133. The lowest BCUT2D eigenvalue weighted by Gasteiger charge is -2.33. The summed E-state index contributed by atoms with van der Waals surface area (Å²) < 4.78 is 7.10. The van der Waals surface area contributed by atoms with Crippen molar-refractivity contribution in [3.8, 4) is 11.3 Å². The predicted molar refractivity (Wildman–Crippen MR) is 108 cm³/mol. The fraction of sp³-hybridized carbons (Fsp3) is 0.333. The number of rotatable bonds is 4. The number of benzene rings is 1. The number of hydrogen-bond acceptors (Lipinski definition) is 7. The van der Waals surface area contributed by atoms with Crippen molar-refractivity contribution in [1.29, 1.82) is 0 Å². The third kappa shape index (κ3) is 3.42. The lowest BCUT2D eigenvalue weighted by atomic mass is 9.91. The van der Waals surface area contributed by atoms with E-state index in [0.717, 1.165) is 47.4 Å². The first kappa shape index (κ1) is 18.4. The molecule has 1 saturated heterocycles. The molecule has 30 heavy (non-hydrogen) atoms. The Morgan fingerprint density at radius 3 is 3.07 bits per heavy atom. The molecule has 0 N–H and O–H groups in total. The van der Waals surface area contributed by atoms with Gasteiger partial charge in [-0.25, -0.2) is 14.6 Å². The first-order valence-electron chi connectivity index (χ1n) is 9.98. The molecule has 5 rings (SSSR count). The van der Waals surface area contributed by atoms with Crippen molar-refractivity contribution in [1.82, 2.24) is 35.0 Å². The van der Waals surface area contributed by atoms with E-state index in [2.05, 4.69) is 25.4 Å². The van der Waals surface area contributed by atoms with Gasteiger partial charge in [0.1, 0.15) is 18.4 Å². The third-order valence-corrected chi connectivity index (χ3v) is 5.50. The molecule has 0 unspecified atom stereocenters. The molecule has 1 aliphatic heterocycles. The molecular weight excluding hydrogens is 382 g/mol. The van der Waals surface area contributed by atoms with Crippen molar-refractivity contribution in [2.45, 2.75) is 32.2 Å². The van der Waals surface area contributed by atoms with Crippen molar-refractivity contribution < 1.29 is 9.32 Å². The number of para-hydroxylation sites is 1. The minimum Gasteiger partial charge on any atom is -0.356 e. The standard InChI is InChI=1S/C21H21N7O2/c1-14-9-19(30-25-14)16-10-22-13-23-21(16)15-5-4-8-27(11-15)20(29)12-28-18-7-3-2-6-17(18)24-26-28/h2-3,6-7,9-10,13,15H,4-5,8,11-12H2,1H3/t15-/m0/s1. The highest BCUT2D eigenvalue weighted by atomic mass is 16.5. The first-order valence-corrected chi connectivity index (χ1v) is 9.98. The Kier molecular flexibility index (Phi) is 4.70. The van der Waals surface area contributed by atoms with Crippen LogP contribution in [0.1, 0.15) is 30.1 Å². The molecule has 4 heterocycles. The average Bonchev–Trinajstić information content (AvgIpc) is 3.40. The maximum absolute atomic E-state index is 13.0. The smallest absolute Gasteiger partial charge is 0.244 e. The number of piperidine rings is 1. The van der Waals surface area contributed by atoms with Gasteiger partial charge in [0.05, 0.1) is 22.5 Å². The highest BCUT2D eigenvalue weighted by molar-refractivity contribution is 5.80. The summed E-state index contributed by atoms with van der Waals surface area (Å²) >= 11 is 0. The van der Waals surface area contributed by atoms with Crippen LogP contribution in [0, 0.1) is 6.92 Å². The molecule has 0 spiro atoms. The summed E-state index contributed by atoms with van der Waals surface area (Å²) in [6.07, 6.45) is 5.16. The Labute approximate surface area is 172 Å². The van der Waals surface area contributed by atoms with E-state index in [1.54, 1.807) is 17.2 Å². The highest BCUT2D eigenvalue weighted by Crippen LogP contribution is 2.33. The molecule has 4 aromatic rings. The zero-order valence-corrected chi connectivity index (χ0v) is 16.6. The predicted octanol–water partition coefficient (Wildman–Crippen LogP) is 2.59. The van der Waals surface area contributed by atoms with Crippen LogP contribution >= 0.6 is 0 Å². The molecule has 1 fully saturated rings. The molecule has 9 heteroatoms. The quantitative estimate of drug-likeness (QED) is 0.516. The van der Waals surface area contributed by atoms with E-state index in [4.69, 9.17) is 4.52 Å². The van der Waals surface area contributed by atoms with Gasteiger partial charge in [0, 0.05) is 31.3 Å². The van der Waals surface area contributed by atoms with Gasteiger partial charge in [0.2, 0.25) is 5.91 Å². The van der Waals surface area contributed by atoms with Gasteiger partial charge in [0.15, 0.2) is 5.76 Å². The van der Waals surface area contributed by atoms with Crippen molar-refractivity contribution >= 4 is 16.9 Å². The van der Waals surface area contributed by atoms with Crippen LogP contribution in [0.25, 0.3) is 22.4 Å². The highest BCUT2D eigenvalue weighted by Gasteiger charge is 2.28. The van der Waals surface area contributed by atoms with E-state index in [0.29, 0.717) is 12.3 Å². The minimum absolute atomic E-state index is 0.0291. The molecule has 1 aromatic carbocycles. The summed E-state index contributed by atoms with van der Waals surface area (Å²) in [6.45, 7) is 3.38. The van der Waals surface area contributed by atoms with Gasteiger partial charge in [-0.05, 0) is 31.9 Å². The second-order valence-corrected chi connectivity index (χ2v) is 7.57. The molecule has 1 amide bonds. The van der Waals surface area contributed by atoms with Gasteiger partial charge in [-0.3, -0.25) is 4.79 Å². The molecule has 1 aliphatic rings. The van der Waals surface area contributed by atoms with Crippen molar-refractivity contribution in [2.75, 3.05) is 13.1 Å². The van der Waals surface area contributed by atoms with Gasteiger partial charge in [-0.2, -0.15) is 0 Å². The normalized spacial score (nSPS) is 16.8. The number of carbonyl (C=O) groups is 1. The number of aryl methyl sites for hydroxylation is 1. The number of carbonyl (C=O) groups excluding carboxylic acids is 1. The maximum atomic E-state index is 13.0. The van der Waals surface area contributed by atoms with Crippen LogP contribution in [0.3, 0.4) is 0 Å². The summed E-state index contributed by atoms with van der Waals surface area (Å²) in [4.78, 5) is 23.6. The van der Waals surface area contributed by atoms with E-state index in [9.17, 15) is 4.79 Å². The van der Waals surface area contributed by atoms with Gasteiger partial charge in [-0.15, -0.1) is 5.10 Å². The minimum atomic E-state index is 0.0291.